The maximum absolute atomic E-state index is 12.6. The third-order valence-electron chi connectivity index (χ3n) is 3.63. The molecule has 0 atom stereocenters. The Balaban J connectivity index is 3.00. The molecule has 1 aromatic carbocycles. The Labute approximate surface area is 161 Å². The Morgan fingerprint density at radius 1 is 1.12 bits per heavy atom. The van der Waals surface area contributed by atoms with Crippen LogP contribution in [-0.2, 0) is 21.4 Å². The predicted octanol–water partition coefficient (Wildman–Crippen LogP) is 5.52. The van der Waals surface area contributed by atoms with Crippen LogP contribution in [0.4, 0.5) is 4.79 Å². The van der Waals surface area contributed by atoms with Gasteiger partial charge in [0.2, 0.25) is 0 Å². The van der Waals surface area contributed by atoms with E-state index in [0.717, 1.165) is 16.5 Å². The van der Waals surface area contributed by atoms with Gasteiger partial charge in [0.1, 0.15) is 5.60 Å². The SMILES string of the molecule is COCCCN(Cc1cc(Br)cc(C(C)(C)C)c1)C(=O)OC(C)(C)C. The Hall–Kier alpha value is -1.07. The molecule has 5 heteroatoms. The lowest BCUT2D eigenvalue weighted by atomic mass is 9.86. The number of ether oxygens (including phenoxy) is 2. The zero-order valence-electron chi connectivity index (χ0n) is 16.6. The van der Waals surface area contributed by atoms with E-state index in [1.807, 2.05) is 20.8 Å². The van der Waals surface area contributed by atoms with E-state index in [0.29, 0.717) is 19.7 Å². The summed E-state index contributed by atoms with van der Waals surface area (Å²) in [5.74, 6) is 0. The smallest absolute Gasteiger partial charge is 0.410 e. The second-order valence-corrected chi connectivity index (χ2v) is 9.26. The Morgan fingerprint density at radius 2 is 1.76 bits per heavy atom. The van der Waals surface area contributed by atoms with Crippen LogP contribution < -0.4 is 0 Å². The predicted molar refractivity (Wildman–Crippen MR) is 106 cm³/mol. The van der Waals surface area contributed by atoms with E-state index in [1.165, 1.54) is 5.56 Å². The summed E-state index contributed by atoms with van der Waals surface area (Å²) in [6.45, 7) is 13.9. The lowest BCUT2D eigenvalue weighted by Gasteiger charge is -2.28. The Bertz CT molecular complexity index is 573. The van der Waals surface area contributed by atoms with Crippen LogP contribution >= 0.6 is 15.9 Å². The van der Waals surface area contributed by atoms with Crippen molar-refractivity contribution in [2.45, 2.75) is 65.5 Å². The highest BCUT2D eigenvalue weighted by molar-refractivity contribution is 9.10. The summed E-state index contributed by atoms with van der Waals surface area (Å²) >= 11 is 3.59. The van der Waals surface area contributed by atoms with Crippen LogP contribution in [0.25, 0.3) is 0 Å². The van der Waals surface area contributed by atoms with Gasteiger partial charge in [0.25, 0.3) is 0 Å². The fourth-order valence-corrected chi connectivity index (χ4v) is 2.90. The number of amides is 1. The van der Waals surface area contributed by atoms with Gasteiger partial charge in [0.15, 0.2) is 0 Å². The van der Waals surface area contributed by atoms with Gasteiger partial charge in [-0.3, -0.25) is 0 Å². The van der Waals surface area contributed by atoms with Gasteiger partial charge in [-0.05, 0) is 55.9 Å². The average Bonchev–Trinajstić information content (AvgIpc) is 2.43. The molecule has 0 aliphatic rings. The van der Waals surface area contributed by atoms with Crippen molar-refractivity contribution >= 4 is 22.0 Å². The summed E-state index contributed by atoms with van der Waals surface area (Å²) < 4.78 is 11.7. The first-order valence-electron chi connectivity index (χ1n) is 8.69. The van der Waals surface area contributed by atoms with Crippen molar-refractivity contribution in [2.24, 2.45) is 0 Å². The molecule has 4 nitrogen and oxygen atoms in total. The summed E-state index contributed by atoms with van der Waals surface area (Å²) in [7, 11) is 1.67. The number of carbonyl (C=O) groups is 1. The first-order chi connectivity index (χ1) is 11.4. The fourth-order valence-electron chi connectivity index (χ4n) is 2.36. The molecule has 0 saturated heterocycles. The molecule has 25 heavy (non-hydrogen) atoms. The van der Waals surface area contributed by atoms with Crippen LogP contribution in [0.15, 0.2) is 22.7 Å². The lowest BCUT2D eigenvalue weighted by Crippen LogP contribution is -2.37. The molecule has 142 valence electrons. The largest absolute Gasteiger partial charge is 0.444 e. The number of carbonyl (C=O) groups excluding carboxylic acids is 1. The molecule has 0 spiro atoms. The van der Waals surface area contributed by atoms with Gasteiger partial charge in [0.05, 0.1) is 0 Å². The van der Waals surface area contributed by atoms with Crippen molar-refractivity contribution in [3.8, 4) is 0 Å². The van der Waals surface area contributed by atoms with Crippen LogP contribution in [0.2, 0.25) is 0 Å². The number of hydrogen-bond acceptors (Lipinski definition) is 3. The molecular weight excluding hydrogens is 382 g/mol. The summed E-state index contributed by atoms with van der Waals surface area (Å²) in [5.41, 5.74) is 1.86. The van der Waals surface area contributed by atoms with E-state index in [-0.39, 0.29) is 11.5 Å². The summed E-state index contributed by atoms with van der Waals surface area (Å²) in [4.78, 5) is 14.3. The minimum Gasteiger partial charge on any atom is -0.444 e. The summed E-state index contributed by atoms with van der Waals surface area (Å²) in [5, 5.41) is 0. The number of methoxy groups -OCH3 is 1. The number of halogens is 1. The number of rotatable bonds is 6. The molecule has 0 saturated carbocycles. The average molecular weight is 414 g/mol. The van der Waals surface area contributed by atoms with Gasteiger partial charge >= 0.3 is 6.09 Å². The quantitative estimate of drug-likeness (QED) is 0.576. The normalized spacial score (nSPS) is 12.2. The van der Waals surface area contributed by atoms with E-state index in [9.17, 15) is 4.79 Å². The van der Waals surface area contributed by atoms with Crippen molar-refractivity contribution in [1.82, 2.24) is 4.90 Å². The lowest BCUT2D eigenvalue weighted by molar-refractivity contribution is 0.0218. The first kappa shape index (κ1) is 22.0. The molecule has 0 bridgehead atoms. The molecule has 0 heterocycles. The molecule has 0 aromatic heterocycles. The molecule has 0 unspecified atom stereocenters. The van der Waals surface area contributed by atoms with Gasteiger partial charge in [-0.2, -0.15) is 0 Å². The minimum atomic E-state index is -0.509. The van der Waals surface area contributed by atoms with Gasteiger partial charge in [-0.1, -0.05) is 42.8 Å². The van der Waals surface area contributed by atoms with E-state index in [2.05, 4.69) is 54.9 Å². The second kappa shape index (κ2) is 9.04. The Morgan fingerprint density at radius 3 is 2.28 bits per heavy atom. The topological polar surface area (TPSA) is 38.8 Å². The third-order valence-corrected chi connectivity index (χ3v) is 4.08. The zero-order chi connectivity index (χ0) is 19.3. The van der Waals surface area contributed by atoms with Gasteiger partial charge in [-0.25, -0.2) is 4.79 Å². The van der Waals surface area contributed by atoms with Crippen molar-refractivity contribution < 1.29 is 14.3 Å². The monoisotopic (exact) mass is 413 g/mol. The molecule has 0 radical (unpaired) electrons. The molecule has 0 aliphatic heterocycles. The van der Waals surface area contributed by atoms with Gasteiger partial charge < -0.3 is 14.4 Å². The summed E-state index contributed by atoms with van der Waals surface area (Å²) in [6, 6.07) is 6.35. The zero-order valence-corrected chi connectivity index (χ0v) is 18.2. The second-order valence-electron chi connectivity index (χ2n) is 8.35. The van der Waals surface area contributed by atoms with Gasteiger partial charge in [-0.15, -0.1) is 0 Å². The van der Waals surface area contributed by atoms with Crippen LogP contribution in [0, 0.1) is 0 Å². The van der Waals surface area contributed by atoms with E-state index in [4.69, 9.17) is 9.47 Å². The van der Waals surface area contributed by atoms with Crippen molar-refractivity contribution in [1.29, 1.82) is 0 Å². The third kappa shape index (κ3) is 8.23. The number of hydrogen-bond donors (Lipinski definition) is 0. The van der Waals surface area contributed by atoms with E-state index in [1.54, 1.807) is 12.0 Å². The number of benzene rings is 1. The standard InChI is InChI=1S/C20H32BrNO3/c1-19(2,3)16-11-15(12-17(21)13-16)14-22(9-8-10-24-7)18(23)25-20(4,5)6/h11-13H,8-10,14H2,1-7H3. The minimum absolute atomic E-state index is 0.0470. The maximum Gasteiger partial charge on any atom is 0.410 e. The molecule has 1 rings (SSSR count). The first-order valence-corrected chi connectivity index (χ1v) is 9.48. The summed E-state index contributed by atoms with van der Waals surface area (Å²) in [6.07, 6.45) is 0.483. The van der Waals surface area contributed by atoms with Gasteiger partial charge in [0, 0.05) is 31.3 Å². The molecular formula is C20H32BrNO3. The van der Waals surface area contributed by atoms with Crippen molar-refractivity contribution in [3.63, 3.8) is 0 Å². The Kier molecular flexibility index (Phi) is 7.94. The molecule has 0 fully saturated rings. The van der Waals surface area contributed by atoms with E-state index >= 15 is 0 Å². The van der Waals surface area contributed by atoms with Crippen LogP contribution in [-0.4, -0.2) is 36.9 Å². The van der Waals surface area contributed by atoms with Crippen LogP contribution in [0.5, 0.6) is 0 Å². The molecule has 0 N–H and O–H groups in total. The van der Waals surface area contributed by atoms with Crippen molar-refractivity contribution in [2.75, 3.05) is 20.3 Å². The number of nitrogens with zero attached hydrogens (tertiary/aromatic N) is 1. The van der Waals surface area contributed by atoms with E-state index < -0.39 is 5.60 Å². The van der Waals surface area contributed by atoms with Crippen molar-refractivity contribution in [3.05, 3.63) is 33.8 Å². The highest BCUT2D eigenvalue weighted by Gasteiger charge is 2.23. The molecule has 0 aliphatic carbocycles. The highest BCUT2D eigenvalue weighted by Crippen LogP contribution is 2.27. The fraction of sp³-hybridized carbons (Fsp3) is 0.650. The van der Waals surface area contributed by atoms with Crippen LogP contribution in [0.3, 0.4) is 0 Å². The van der Waals surface area contributed by atoms with Crippen LogP contribution in [0.1, 0.15) is 59.1 Å². The highest BCUT2D eigenvalue weighted by atomic mass is 79.9. The maximum atomic E-state index is 12.6. The molecule has 1 amide bonds. The molecule has 1 aromatic rings.